The minimum absolute atomic E-state index is 0.0810. The number of hydrogen-bond donors (Lipinski definition) is 1. The number of benzene rings is 1. The average molecular weight is 228 g/mol. The van der Waals surface area contributed by atoms with Crippen molar-refractivity contribution in [1.82, 2.24) is 0 Å². The van der Waals surface area contributed by atoms with Crippen molar-refractivity contribution >= 4 is 9.84 Å². The van der Waals surface area contributed by atoms with E-state index in [1.807, 2.05) is 13.8 Å². The van der Waals surface area contributed by atoms with Crippen molar-refractivity contribution in [3.05, 3.63) is 24.3 Å². The number of aromatic hydroxyl groups is 1. The van der Waals surface area contributed by atoms with Crippen LogP contribution >= 0.6 is 0 Å². The molecule has 0 aliphatic carbocycles. The number of phenols is 1. The standard InChI is InChI=1S/C11H16O3S/c1-3-9(2)8-15(13,14)11-6-4-10(12)5-7-11/h4-7,9,12H,3,8H2,1-2H3. The molecule has 1 aromatic rings. The first-order chi connectivity index (χ1) is 6.95. The summed E-state index contributed by atoms with van der Waals surface area (Å²) >= 11 is 0. The van der Waals surface area contributed by atoms with Crippen LogP contribution in [0.15, 0.2) is 29.2 Å². The van der Waals surface area contributed by atoms with E-state index in [-0.39, 0.29) is 22.3 Å². The molecular weight excluding hydrogens is 212 g/mol. The molecule has 0 saturated carbocycles. The molecule has 0 heterocycles. The minimum atomic E-state index is -3.20. The Morgan fingerprint density at radius 3 is 2.27 bits per heavy atom. The van der Waals surface area contributed by atoms with Gasteiger partial charge >= 0.3 is 0 Å². The Morgan fingerprint density at radius 2 is 1.80 bits per heavy atom. The summed E-state index contributed by atoms with van der Waals surface area (Å²) in [5.74, 6) is 0.398. The summed E-state index contributed by atoms with van der Waals surface area (Å²) in [7, 11) is -3.20. The molecule has 1 atom stereocenters. The molecule has 3 nitrogen and oxygen atoms in total. The van der Waals surface area contributed by atoms with E-state index in [9.17, 15) is 8.42 Å². The maximum Gasteiger partial charge on any atom is 0.178 e. The molecule has 0 saturated heterocycles. The van der Waals surface area contributed by atoms with E-state index in [0.717, 1.165) is 6.42 Å². The molecule has 0 bridgehead atoms. The zero-order valence-electron chi connectivity index (χ0n) is 8.97. The lowest BCUT2D eigenvalue weighted by Gasteiger charge is -2.09. The van der Waals surface area contributed by atoms with Gasteiger partial charge in [-0.15, -0.1) is 0 Å². The van der Waals surface area contributed by atoms with E-state index in [0.29, 0.717) is 0 Å². The van der Waals surface area contributed by atoms with Gasteiger partial charge in [0, 0.05) is 0 Å². The molecule has 1 rings (SSSR count). The Kier molecular flexibility index (Phi) is 3.74. The Morgan fingerprint density at radius 1 is 1.27 bits per heavy atom. The average Bonchev–Trinajstić information content (AvgIpc) is 2.17. The zero-order chi connectivity index (χ0) is 11.5. The molecule has 1 N–H and O–H groups in total. The van der Waals surface area contributed by atoms with Gasteiger partial charge in [-0.2, -0.15) is 0 Å². The molecular formula is C11H16O3S. The van der Waals surface area contributed by atoms with Crippen molar-refractivity contribution in [1.29, 1.82) is 0 Å². The molecule has 0 aliphatic heterocycles. The molecule has 0 fully saturated rings. The molecule has 15 heavy (non-hydrogen) atoms. The summed E-state index contributed by atoms with van der Waals surface area (Å²) in [5, 5.41) is 9.06. The Labute approximate surface area is 90.7 Å². The molecule has 4 heteroatoms. The first kappa shape index (κ1) is 12.0. The minimum Gasteiger partial charge on any atom is -0.508 e. The number of rotatable bonds is 4. The maximum atomic E-state index is 11.8. The van der Waals surface area contributed by atoms with E-state index in [4.69, 9.17) is 5.11 Å². The summed E-state index contributed by atoms with van der Waals surface area (Å²) in [6.07, 6.45) is 0.845. The molecule has 84 valence electrons. The number of hydrogen-bond acceptors (Lipinski definition) is 3. The Hall–Kier alpha value is -1.03. The normalized spacial score (nSPS) is 13.7. The third-order valence-corrected chi connectivity index (χ3v) is 4.39. The van der Waals surface area contributed by atoms with Gasteiger partial charge in [-0.3, -0.25) is 0 Å². The molecule has 0 aromatic heterocycles. The van der Waals surface area contributed by atoms with Gasteiger partial charge in [0.2, 0.25) is 0 Å². The largest absolute Gasteiger partial charge is 0.508 e. The van der Waals surface area contributed by atoms with Crippen molar-refractivity contribution < 1.29 is 13.5 Å². The highest BCUT2D eigenvalue weighted by molar-refractivity contribution is 7.91. The lowest BCUT2D eigenvalue weighted by Crippen LogP contribution is -2.13. The lowest BCUT2D eigenvalue weighted by molar-refractivity contribution is 0.474. The van der Waals surface area contributed by atoms with Gasteiger partial charge in [-0.05, 0) is 30.2 Å². The highest BCUT2D eigenvalue weighted by atomic mass is 32.2. The first-order valence-electron chi connectivity index (χ1n) is 4.97. The van der Waals surface area contributed by atoms with Crippen molar-refractivity contribution in [3.8, 4) is 5.75 Å². The Bertz CT molecular complexity index is 406. The monoisotopic (exact) mass is 228 g/mol. The van der Waals surface area contributed by atoms with Gasteiger partial charge < -0.3 is 5.11 Å². The van der Waals surface area contributed by atoms with Gasteiger partial charge in [0.25, 0.3) is 0 Å². The topological polar surface area (TPSA) is 54.4 Å². The first-order valence-corrected chi connectivity index (χ1v) is 6.62. The molecule has 0 aliphatic rings. The van der Waals surface area contributed by atoms with Gasteiger partial charge in [-0.25, -0.2) is 8.42 Å². The summed E-state index contributed by atoms with van der Waals surface area (Å²) in [5.41, 5.74) is 0. The SMILES string of the molecule is CCC(C)CS(=O)(=O)c1ccc(O)cc1. The molecule has 0 amide bonds. The van der Waals surface area contributed by atoms with Gasteiger partial charge in [0.15, 0.2) is 9.84 Å². The number of sulfone groups is 1. The third-order valence-electron chi connectivity index (χ3n) is 2.40. The number of phenolic OH excluding ortho intramolecular Hbond substituents is 1. The van der Waals surface area contributed by atoms with Crippen molar-refractivity contribution in [2.75, 3.05) is 5.75 Å². The van der Waals surface area contributed by atoms with Gasteiger partial charge in [0.1, 0.15) is 5.75 Å². The van der Waals surface area contributed by atoms with Crippen molar-refractivity contribution in [3.63, 3.8) is 0 Å². The van der Waals surface area contributed by atoms with Crippen molar-refractivity contribution in [2.45, 2.75) is 25.2 Å². The second-order valence-corrected chi connectivity index (χ2v) is 5.82. The fraction of sp³-hybridized carbons (Fsp3) is 0.455. The fourth-order valence-corrected chi connectivity index (χ4v) is 2.97. The zero-order valence-corrected chi connectivity index (χ0v) is 9.79. The maximum absolute atomic E-state index is 11.8. The van der Waals surface area contributed by atoms with Crippen LogP contribution in [0.25, 0.3) is 0 Å². The third kappa shape index (κ3) is 3.23. The molecule has 0 spiro atoms. The smallest absolute Gasteiger partial charge is 0.178 e. The van der Waals surface area contributed by atoms with Crippen LogP contribution < -0.4 is 0 Å². The quantitative estimate of drug-likeness (QED) is 0.859. The second-order valence-electron chi connectivity index (χ2n) is 3.79. The predicted molar refractivity (Wildman–Crippen MR) is 59.6 cm³/mol. The Balaban J connectivity index is 2.91. The van der Waals surface area contributed by atoms with Gasteiger partial charge in [0.05, 0.1) is 10.6 Å². The molecule has 1 aromatic carbocycles. The van der Waals surface area contributed by atoms with E-state index in [1.54, 1.807) is 0 Å². The summed E-state index contributed by atoms with van der Waals surface area (Å²) in [6, 6.07) is 5.66. The van der Waals surface area contributed by atoms with Crippen molar-refractivity contribution in [2.24, 2.45) is 5.92 Å². The lowest BCUT2D eigenvalue weighted by atomic mass is 10.2. The van der Waals surface area contributed by atoms with E-state index < -0.39 is 9.84 Å². The van der Waals surface area contributed by atoms with Crippen LogP contribution in [0.2, 0.25) is 0 Å². The van der Waals surface area contributed by atoms with Gasteiger partial charge in [-0.1, -0.05) is 20.3 Å². The fourth-order valence-electron chi connectivity index (χ4n) is 1.24. The van der Waals surface area contributed by atoms with E-state index >= 15 is 0 Å². The molecule has 1 unspecified atom stereocenters. The van der Waals surface area contributed by atoms with E-state index in [2.05, 4.69) is 0 Å². The van der Waals surface area contributed by atoms with Crippen LogP contribution in [-0.4, -0.2) is 19.3 Å². The van der Waals surface area contributed by atoms with Crippen LogP contribution in [0.5, 0.6) is 5.75 Å². The van der Waals surface area contributed by atoms with Crippen LogP contribution in [0.3, 0.4) is 0 Å². The van der Waals surface area contributed by atoms with Crippen LogP contribution in [-0.2, 0) is 9.84 Å². The summed E-state index contributed by atoms with van der Waals surface area (Å²) in [6.45, 7) is 3.88. The predicted octanol–water partition coefficient (Wildman–Crippen LogP) is 2.21. The molecule has 0 radical (unpaired) electrons. The summed E-state index contributed by atoms with van der Waals surface area (Å²) in [4.78, 5) is 0.278. The highest BCUT2D eigenvalue weighted by Crippen LogP contribution is 2.18. The highest BCUT2D eigenvalue weighted by Gasteiger charge is 2.17. The van der Waals surface area contributed by atoms with Crippen LogP contribution in [0, 0.1) is 5.92 Å². The van der Waals surface area contributed by atoms with Crippen LogP contribution in [0.4, 0.5) is 0 Å². The van der Waals surface area contributed by atoms with E-state index in [1.165, 1.54) is 24.3 Å². The summed E-state index contributed by atoms with van der Waals surface area (Å²) < 4.78 is 23.7. The van der Waals surface area contributed by atoms with Crippen LogP contribution in [0.1, 0.15) is 20.3 Å². The second kappa shape index (κ2) is 4.66.